The zero-order valence-corrected chi connectivity index (χ0v) is 18.3. The number of aliphatic hydroxyl groups excluding tert-OH is 1. The first-order chi connectivity index (χ1) is 15.3. The molecular formula is C21H25ClF3N5O2. The molecule has 0 spiro atoms. The number of rotatable bonds is 5. The van der Waals surface area contributed by atoms with Crippen molar-refractivity contribution in [2.45, 2.75) is 56.0 Å². The first-order valence-corrected chi connectivity index (χ1v) is 11.3. The van der Waals surface area contributed by atoms with Gasteiger partial charge in [0.05, 0.1) is 24.1 Å². The lowest BCUT2D eigenvalue weighted by atomic mass is 9.95. The summed E-state index contributed by atoms with van der Waals surface area (Å²) in [6, 6.07) is 0.0309. The lowest BCUT2D eigenvalue weighted by Gasteiger charge is -2.35. The highest BCUT2D eigenvalue weighted by atomic mass is 35.5. The molecule has 0 bridgehead atoms. The Labute approximate surface area is 188 Å². The molecule has 3 fully saturated rings. The molecular weight excluding hydrogens is 447 g/mol. The molecule has 11 heteroatoms. The van der Waals surface area contributed by atoms with E-state index in [4.69, 9.17) is 16.3 Å². The molecule has 2 aromatic heterocycles. The molecule has 0 aromatic carbocycles. The average Bonchev–Trinajstić information content (AvgIpc) is 3.33. The van der Waals surface area contributed by atoms with Gasteiger partial charge in [-0.2, -0.15) is 9.97 Å². The molecule has 2 atom stereocenters. The van der Waals surface area contributed by atoms with Crippen molar-refractivity contribution >= 4 is 28.3 Å². The van der Waals surface area contributed by atoms with Gasteiger partial charge in [-0.05, 0) is 38.6 Å². The fraction of sp³-hybridized carbons (Fsp3) is 0.667. The van der Waals surface area contributed by atoms with Crippen LogP contribution in [-0.2, 0) is 0 Å². The standard InChI is InChI=1S/C21H25ClF3N5O2/c22-17-15(23)16-14(9-26-17)18(29-7-2-5-21(24,25)11-29)28-19(27-16)32-12-20-4-1-8-30(20)13(10-31)3-6-20/h9,13,31H,1-8,10-12H2/t13-,20-/m0/s1. The van der Waals surface area contributed by atoms with Crippen molar-refractivity contribution < 1.29 is 23.0 Å². The maximum atomic E-state index is 14.8. The van der Waals surface area contributed by atoms with Gasteiger partial charge in [-0.15, -0.1) is 0 Å². The van der Waals surface area contributed by atoms with E-state index in [9.17, 15) is 18.3 Å². The molecule has 3 aliphatic rings. The van der Waals surface area contributed by atoms with Crippen molar-refractivity contribution in [2.75, 3.05) is 37.7 Å². The topological polar surface area (TPSA) is 74.6 Å². The van der Waals surface area contributed by atoms with Crippen molar-refractivity contribution in [3.05, 3.63) is 17.2 Å². The van der Waals surface area contributed by atoms with Crippen LogP contribution in [0.2, 0.25) is 5.15 Å². The molecule has 0 amide bonds. The number of halogens is 4. The van der Waals surface area contributed by atoms with E-state index < -0.39 is 18.3 Å². The van der Waals surface area contributed by atoms with Crippen LogP contribution in [0.25, 0.3) is 10.9 Å². The van der Waals surface area contributed by atoms with E-state index in [-0.39, 0.29) is 59.1 Å². The number of anilines is 1. The van der Waals surface area contributed by atoms with Gasteiger partial charge >= 0.3 is 6.01 Å². The Morgan fingerprint density at radius 3 is 2.78 bits per heavy atom. The van der Waals surface area contributed by atoms with Crippen LogP contribution in [0, 0.1) is 5.82 Å². The largest absolute Gasteiger partial charge is 0.461 e. The van der Waals surface area contributed by atoms with Crippen LogP contribution in [0.1, 0.15) is 38.5 Å². The number of pyridine rings is 1. The van der Waals surface area contributed by atoms with E-state index in [0.29, 0.717) is 13.0 Å². The van der Waals surface area contributed by atoms with Gasteiger partial charge in [-0.3, -0.25) is 4.90 Å². The summed E-state index contributed by atoms with van der Waals surface area (Å²) in [6.45, 7) is 1.11. The van der Waals surface area contributed by atoms with Crippen LogP contribution in [0.5, 0.6) is 6.01 Å². The summed E-state index contributed by atoms with van der Waals surface area (Å²) >= 11 is 5.86. The van der Waals surface area contributed by atoms with Crippen molar-refractivity contribution in [3.63, 3.8) is 0 Å². The highest BCUT2D eigenvalue weighted by Crippen LogP contribution is 2.43. The number of fused-ring (bicyclic) bond motifs is 2. The highest BCUT2D eigenvalue weighted by Gasteiger charge is 2.49. The molecule has 2 aromatic rings. The van der Waals surface area contributed by atoms with Gasteiger partial charge in [0, 0.05) is 25.2 Å². The summed E-state index contributed by atoms with van der Waals surface area (Å²) in [5, 5.41) is 9.55. The molecule has 1 N–H and O–H groups in total. The predicted molar refractivity (Wildman–Crippen MR) is 113 cm³/mol. The molecule has 3 saturated heterocycles. The second kappa shape index (κ2) is 8.14. The monoisotopic (exact) mass is 471 g/mol. The van der Waals surface area contributed by atoms with Crippen LogP contribution in [-0.4, -0.2) is 75.3 Å². The maximum Gasteiger partial charge on any atom is 0.319 e. The van der Waals surface area contributed by atoms with Gasteiger partial charge < -0.3 is 14.7 Å². The van der Waals surface area contributed by atoms with Gasteiger partial charge in [0.25, 0.3) is 5.92 Å². The van der Waals surface area contributed by atoms with Crippen LogP contribution < -0.4 is 9.64 Å². The van der Waals surface area contributed by atoms with Crippen molar-refractivity contribution in [3.8, 4) is 6.01 Å². The second-order valence-electron chi connectivity index (χ2n) is 9.02. The van der Waals surface area contributed by atoms with E-state index >= 15 is 0 Å². The van der Waals surface area contributed by atoms with Crippen LogP contribution in [0.15, 0.2) is 6.20 Å². The van der Waals surface area contributed by atoms with Gasteiger partial charge in [0.2, 0.25) is 0 Å². The Bertz CT molecular complexity index is 1030. The Morgan fingerprint density at radius 1 is 1.19 bits per heavy atom. The Hall–Kier alpha value is -1.91. The summed E-state index contributed by atoms with van der Waals surface area (Å²) in [6.07, 6.45) is 5.09. The fourth-order valence-corrected chi connectivity index (χ4v) is 5.59. The molecule has 7 nitrogen and oxygen atoms in total. The number of aliphatic hydroxyl groups is 1. The molecule has 32 heavy (non-hydrogen) atoms. The van der Waals surface area contributed by atoms with E-state index in [0.717, 1.165) is 32.2 Å². The van der Waals surface area contributed by atoms with Gasteiger partial charge in [-0.1, -0.05) is 11.6 Å². The van der Waals surface area contributed by atoms with Crippen LogP contribution in [0.4, 0.5) is 19.0 Å². The zero-order chi connectivity index (χ0) is 22.5. The van der Waals surface area contributed by atoms with E-state index in [1.165, 1.54) is 11.1 Å². The minimum Gasteiger partial charge on any atom is -0.461 e. The third-order valence-corrected chi connectivity index (χ3v) is 7.27. The van der Waals surface area contributed by atoms with E-state index in [2.05, 4.69) is 19.9 Å². The SMILES string of the molecule is OC[C@@H]1CC[C@]2(COc3nc(N4CCCC(F)(F)C4)c4cnc(Cl)c(F)c4n3)CCCN12. The molecule has 3 aliphatic heterocycles. The zero-order valence-electron chi connectivity index (χ0n) is 17.5. The number of aromatic nitrogens is 3. The predicted octanol–water partition coefficient (Wildman–Crippen LogP) is 3.42. The number of hydrogen-bond acceptors (Lipinski definition) is 7. The Kier molecular flexibility index (Phi) is 5.58. The summed E-state index contributed by atoms with van der Waals surface area (Å²) in [7, 11) is 0. The summed E-state index contributed by atoms with van der Waals surface area (Å²) < 4.78 is 49.0. The molecule has 0 saturated carbocycles. The summed E-state index contributed by atoms with van der Waals surface area (Å²) in [5.41, 5.74) is -0.322. The fourth-order valence-electron chi connectivity index (χ4n) is 5.46. The number of hydrogen-bond donors (Lipinski definition) is 1. The molecule has 174 valence electrons. The van der Waals surface area contributed by atoms with E-state index in [1.54, 1.807) is 0 Å². The van der Waals surface area contributed by atoms with Crippen LogP contribution in [0.3, 0.4) is 0 Å². The Morgan fingerprint density at radius 2 is 2.00 bits per heavy atom. The smallest absolute Gasteiger partial charge is 0.319 e. The first-order valence-electron chi connectivity index (χ1n) is 11.0. The minimum absolute atomic E-state index is 0.0729. The van der Waals surface area contributed by atoms with Crippen molar-refractivity contribution in [1.29, 1.82) is 0 Å². The van der Waals surface area contributed by atoms with E-state index in [1.807, 2.05) is 0 Å². The quantitative estimate of drug-likeness (QED) is 0.670. The number of alkyl halides is 2. The minimum atomic E-state index is -2.86. The lowest BCUT2D eigenvalue weighted by Crippen LogP contribution is -2.47. The maximum absolute atomic E-state index is 14.8. The number of ether oxygens (including phenoxy) is 1. The summed E-state index contributed by atoms with van der Waals surface area (Å²) in [5.74, 6) is -3.52. The third kappa shape index (κ3) is 3.76. The van der Waals surface area contributed by atoms with Gasteiger partial charge in [-0.25, -0.2) is 18.2 Å². The molecule has 0 radical (unpaired) electrons. The van der Waals surface area contributed by atoms with Crippen molar-refractivity contribution in [2.24, 2.45) is 0 Å². The molecule has 5 rings (SSSR count). The molecule has 0 aliphatic carbocycles. The highest BCUT2D eigenvalue weighted by molar-refractivity contribution is 6.30. The van der Waals surface area contributed by atoms with Crippen LogP contribution >= 0.6 is 11.6 Å². The number of piperidine rings is 1. The molecule has 0 unspecified atom stereocenters. The van der Waals surface area contributed by atoms with Gasteiger partial charge in [0.15, 0.2) is 11.0 Å². The summed E-state index contributed by atoms with van der Waals surface area (Å²) in [4.78, 5) is 16.2. The normalized spacial score (nSPS) is 27.8. The Balaban J connectivity index is 1.49. The second-order valence-corrected chi connectivity index (χ2v) is 9.38. The lowest BCUT2D eigenvalue weighted by molar-refractivity contribution is -0.0118. The van der Waals surface area contributed by atoms with Gasteiger partial charge in [0.1, 0.15) is 17.9 Å². The third-order valence-electron chi connectivity index (χ3n) is 7.01. The van der Waals surface area contributed by atoms with Crippen molar-refractivity contribution in [1.82, 2.24) is 19.9 Å². The number of nitrogens with zero attached hydrogens (tertiary/aromatic N) is 5. The molecule has 5 heterocycles. The first kappa shape index (κ1) is 21.9. The average molecular weight is 472 g/mol.